The van der Waals surface area contributed by atoms with Crippen LogP contribution >= 0.6 is 0 Å². The Morgan fingerprint density at radius 1 is 0.500 bits per heavy atom. The third-order valence-electron chi connectivity index (χ3n) is 21.9. The molecule has 0 saturated heterocycles. The number of allylic oxidation sites excluding steroid dienone is 2. The van der Waals surface area contributed by atoms with Crippen LogP contribution < -0.4 is 33.2 Å². The van der Waals surface area contributed by atoms with E-state index in [0.29, 0.717) is 18.6 Å². The third-order valence-corrected chi connectivity index (χ3v) is 21.9. The zero-order chi connectivity index (χ0) is 61.5. The molecule has 4 aromatic carbocycles. The molecule has 0 bridgehead atoms. The van der Waals surface area contributed by atoms with Gasteiger partial charge in [0.05, 0.1) is 68.4 Å². The molecule has 6 N–H and O–H groups in total. The molecule has 17 heteroatoms. The Morgan fingerprint density at radius 3 is 1.44 bits per heavy atom. The predicted molar refractivity (Wildman–Crippen MR) is 334 cm³/mol. The van der Waals surface area contributed by atoms with Crippen molar-refractivity contribution >= 4 is 0 Å². The topological polar surface area (TPSA) is 199 Å². The summed E-state index contributed by atoms with van der Waals surface area (Å²) in [5, 5.41) is 59.6. The van der Waals surface area contributed by atoms with Gasteiger partial charge in [-0.25, -0.2) is 0 Å². The first-order chi connectivity index (χ1) is 42.6. The van der Waals surface area contributed by atoms with Gasteiger partial charge >= 0.3 is 0 Å². The summed E-state index contributed by atoms with van der Waals surface area (Å²) in [6, 6.07) is 16.5. The highest BCUT2D eigenvalue weighted by Crippen LogP contribution is 2.62. The summed E-state index contributed by atoms with van der Waals surface area (Å²) in [4.78, 5) is 9.35. The summed E-state index contributed by atoms with van der Waals surface area (Å²) < 4.78 is 41.9. The summed E-state index contributed by atoms with van der Waals surface area (Å²) in [5.74, 6) is 5.98. The molecular formula is C71H90N4O13. The molecule has 12 aliphatic rings. The number of ether oxygens (including phenoxy) is 7. The maximum absolute atomic E-state index is 10.3. The highest BCUT2D eigenvalue weighted by molar-refractivity contribution is 5.65. The van der Waals surface area contributed by atoms with Gasteiger partial charge in [-0.2, -0.15) is 0 Å². The van der Waals surface area contributed by atoms with Gasteiger partial charge < -0.3 is 83.4 Å². The number of aliphatic hydroxyl groups is 6. The van der Waals surface area contributed by atoms with E-state index in [1.165, 1.54) is 38.9 Å². The van der Waals surface area contributed by atoms with Gasteiger partial charge in [0.1, 0.15) is 29.7 Å². The average Bonchev–Trinajstić information content (AvgIpc) is 1.59. The Hall–Kier alpha value is -5.96. The third kappa shape index (κ3) is 9.62. The summed E-state index contributed by atoms with van der Waals surface area (Å²) in [6.45, 7) is 7.77. The molecule has 7 unspecified atom stereocenters. The summed E-state index contributed by atoms with van der Waals surface area (Å²) >= 11 is 0. The Balaban J connectivity index is 0.000000108. The molecule has 0 saturated carbocycles. The number of nitrogens with zero attached hydrogens (tertiary/aromatic N) is 4. The molecule has 0 amide bonds. The smallest absolute Gasteiger partial charge is 0.166 e. The maximum atomic E-state index is 10.3. The molecule has 0 aromatic heterocycles. The lowest BCUT2D eigenvalue weighted by molar-refractivity contribution is -0.0552. The van der Waals surface area contributed by atoms with Crippen LogP contribution in [0.3, 0.4) is 0 Å². The van der Waals surface area contributed by atoms with Crippen LogP contribution in [0.4, 0.5) is 0 Å². The molecule has 88 heavy (non-hydrogen) atoms. The van der Waals surface area contributed by atoms with Crippen molar-refractivity contribution in [3.63, 3.8) is 0 Å². The lowest BCUT2D eigenvalue weighted by atomic mass is 9.61. The van der Waals surface area contributed by atoms with E-state index >= 15 is 0 Å². The van der Waals surface area contributed by atoms with E-state index in [4.69, 9.17) is 33.2 Å². The second-order valence-corrected chi connectivity index (χ2v) is 27.1. The number of benzene rings is 4. The van der Waals surface area contributed by atoms with E-state index in [0.717, 1.165) is 137 Å². The Morgan fingerprint density at radius 2 is 0.955 bits per heavy atom. The van der Waals surface area contributed by atoms with E-state index < -0.39 is 23.2 Å². The average molecular weight is 1210 g/mol. The summed E-state index contributed by atoms with van der Waals surface area (Å²) in [5.41, 5.74) is 9.32. The lowest BCUT2D eigenvalue weighted by Gasteiger charge is -2.45. The van der Waals surface area contributed by atoms with Gasteiger partial charge in [0.25, 0.3) is 0 Å². The van der Waals surface area contributed by atoms with Crippen LogP contribution in [0, 0.1) is 11.8 Å². The van der Waals surface area contributed by atoms with E-state index in [1.807, 2.05) is 36.4 Å². The molecule has 4 aliphatic carbocycles. The normalized spacial score (nSPS) is 33.8. The second-order valence-electron chi connectivity index (χ2n) is 27.1. The van der Waals surface area contributed by atoms with E-state index in [2.05, 4.69) is 109 Å². The van der Waals surface area contributed by atoms with Crippen molar-refractivity contribution < 1.29 is 63.8 Å². The van der Waals surface area contributed by atoms with Crippen molar-refractivity contribution in [1.82, 2.24) is 19.6 Å². The zero-order valence-electron chi connectivity index (χ0n) is 52.3. The summed E-state index contributed by atoms with van der Waals surface area (Å²) in [7, 11) is 13.6. The van der Waals surface area contributed by atoms with Crippen LogP contribution in [0.1, 0.15) is 101 Å². The van der Waals surface area contributed by atoms with E-state index in [-0.39, 0.29) is 72.8 Å². The first-order valence-electron chi connectivity index (χ1n) is 31.8. The molecule has 472 valence electrons. The van der Waals surface area contributed by atoms with Crippen LogP contribution in [0.2, 0.25) is 0 Å². The first kappa shape index (κ1) is 60.9. The highest BCUT2D eigenvalue weighted by atomic mass is 16.6. The van der Waals surface area contributed by atoms with Gasteiger partial charge in [-0.05, 0) is 133 Å². The fourth-order valence-electron chi connectivity index (χ4n) is 17.5. The molecule has 8 aliphatic heterocycles. The van der Waals surface area contributed by atoms with Crippen molar-refractivity contribution in [2.75, 3.05) is 95.5 Å². The largest absolute Gasteiger partial charge is 0.493 e. The molecular weight excluding hydrogens is 1120 g/mol. The second kappa shape index (κ2) is 23.7. The monoisotopic (exact) mass is 1210 g/mol. The van der Waals surface area contributed by atoms with Crippen LogP contribution in [-0.2, 0) is 54.4 Å². The van der Waals surface area contributed by atoms with E-state index in [9.17, 15) is 30.6 Å². The minimum Gasteiger partial charge on any atom is -0.493 e. The number of aliphatic hydroxyl groups excluding tert-OH is 6. The number of rotatable bonds is 7. The first-order valence-corrected chi connectivity index (χ1v) is 31.8. The van der Waals surface area contributed by atoms with Gasteiger partial charge in [0.15, 0.2) is 34.5 Å². The Kier molecular flexibility index (Phi) is 16.4. The van der Waals surface area contributed by atoms with Crippen LogP contribution in [0.15, 0.2) is 97.1 Å². The fourth-order valence-corrected chi connectivity index (χ4v) is 17.5. The minimum absolute atomic E-state index is 0.00643. The van der Waals surface area contributed by atoms with Gasteiger partial charge in [0, 0.05) is 91.9 Å². The predicted octanol–water partition coefficient (Wildman–Crippen LogP) is 6.74. The van der Waals surface area contributed by atoms with Crippen LogP contribution in [0.5, 0.6) is 40.2 Å². The van der Waals surface area contributed by atoms with Crippen LogP contribution in [0.25, 0.3) is 0 Å². The minimum atomic E-state index is -0.821. The number of hydrogen-bond acceptors (Lipinski definition) is 17. The Labute approximate surface area is 518 Å². The quantitative estimate of drug-likeness (QED) is 0.106. The van der Waals surface area contributed by atoms with Crippen molar-refractivity contribution in [2.24, 2.45) is 11.8 Å². The van der Waals surface area contributed by atoms with E-state index in [1.54, 1.807) is 21.3 Å². The molecule has 17 nitrogen and oxygen atoms in total. The number of methoxy groups -OCH3 is 3. The van der Waals surface area contributed by atoms with Crippen molar-refractivity contribution in [3.8, 4) is 40.2 Å². The Bertz CT molecular complexity index is 3310. The molecule has 8 heterocycles. The maximum Gasteiger partial charge on any atom is 0.166 e. The fraction of sp³-hybridized carbons (Fsp3) is 0.549. The van der Waals surface area contributed by atoms with Crippen molar-refractivity contribution in [1.29, 1.82) is 0 Å². The molecule has 16 rings (SSSR count). The molecule has 4 spiro atoms. The van der Waals surface area contributed by atoms with Gasteiger partial charge in [0.2, 0.25) is 0 Å². The van der Waals surface area contributed by atoms with Gasteiger partial charge in [-0.15, -0.1) is 0 Å². The highest BCUT2D eigenvalue weighted by Gasteiger charge is 2.63. The zero-order valence-corrected chi connectivity index (χ0v) is 52.3. The van der Waals surface area contributed by atoms with Crippen LogP contribution in [-0.4, -0.2) is 182 Å². The van der Waals surface area contributed by atoms with Gasteiger partial charge in [-0.1, -0.05) is 78.9 Å². The SMILES string of the molecule is CN1CC[C@@]23C=CC(O)CC2Oc2c(CO)ccc(c23)C1.COc1ccc2c3c1OC1C(CO)CC=C[C@@]31CCN(C)C2.COc1ccc2c3c1OC1C(CO)CC=C[C@@]31CCN(C)C2.COc1ccc2c3c1O[C@@]1(CO)CC(O)C=C[C@@]31CCN(C)C2. The van der Waals surface area contributed by atoms with Gasteiger partial charge in [-0.3, -0.25) is 0 Å². The lowest BCUT2D eigenvalue weighted by Crippen LogP contribution is -2.57. The molecule has 0 radical (unpaired) electrons. The molecule has 4 aromatic rings. The summed E-state index contributed by atoms with van der Waals surface area (Å²) in [6.07, 6.45) is 22.7. The van der Waals surface area contributed by atoms with Crippen molar-refractivity contribution in [3.05, 3.63) is 147 Å². The molecule has 12 atom stereocenters. The standard InChI is InChI=1S/C18H23NO4.2C18H23NO3.C17H21NO3/c1-19-8-7-17-6-5-13(21)9-18(17,11-20)23-16-14(22-2)4-3-12(10-19)15(16)17;2*1-19-9-8-18-7-3-4-13(11-20)17(18)22-16-14(21-2)6-5-12(10-19)15(16)18;1-18-7-6-17-5-4-13(20)8-14(17)21-16-12(10-19)3-2-11(9-18)15(16)17/h3-6,13,20-21H,7-11H2,1-2H3;2*3,5-7,13,17,20H,4,8-11H2,1-2H3;2-5,13-14,19-20H,6-10H2,1H3/t13?,17-,18-;2*13?,17?,18-;13?,14?,17-/m1110/s1. The number of hydrogen-bond donors (Lipinski definition) is 6. The van der Waals surface area contributed by atoms with Crippen molar-refractivity contribution in [2.45, 2.75) is 142 Å². The molecule has 0 fully saturated rings.